The van der Waals surface area contributed by atoms with Gasteiger partial charge in [-0.05, 0) is 51.7 Å². The Morgan fingerprint density at radius 2 is 1.82 bits per heavy atom. The van der Waals surface area contributed by atoms with E-state index in [1.54, 1.807) is 0 Å². The molecule has 1 fully saturated rings. The van der Waals surface area contributed by atoms with Crippen LogP contribution in [0.25, 0.3) is 0 Å². The van der Waals surface area contributed by atoms with E-state index >= 15 is 0 Å². The first-order valence-corrected chi connectivity index (χ1v) is 10.4. The minimum Gasteiger partial charge on any atom is -0.466 e. The van der Waals surface area contributed by atoms with Gasteiger partial charge in [0.1, 0.15) is 0 Å². The Bertz CT molecular complexity index is 620. The molecule has 28 heavy (non-hydrogen) atoms. The number of carbonyl (C=O) groups excluding carboxylic acids is 1. The third-order valence-corrected chi connectivity index (χ3v) is 4.77. The van der Waals surface area contributed by atoms with Crippen molar-refractivity contribution in [3.05, 3.63) is 35.4 Å². The molecule has 0 unspecified atom stereocenters. The maximum Gasteiger partial charge on any atom is 0.309 e. The third-order valence-electron chi connectivity index (χ3n) is 4.77. The Labute approximate surface area is 169 Å². The number of nitrogens with zero attached hydrogens (tertiary/aromatic N) is 2. The zero-order chi connectivity index (χ0) is 20.4. The molecule has 0 atom stereocenters. The third kappa shape index (κ3) is 7.15. The highest BCUT2D eigenvalue weighted by Gasteiger charge is 2.27. The Hall–Kier alpha value is -2.08. The predicted octanol–water partition coefficient (Wildman–Crippen LogP) is 3.35. The average molecular weight is 390 g/mol. The number of esters is 1. The second kappa shape index (κ2) is 11.7. The van der Waals surface area contributed by atoms with Crippen molar-refractivity contribution in [1.29, 1.82) is 0 Å². The fourth-order valence-corrected chi connectivity index (χ4v) is 3.18. The molecule has 6 heteroatoms. The lowest BCUT2D eigenvalue weighted by Gasteiger charge is -2.33. The van der Waals surface area contributed by atoms with Crippen molar-refractivity contribution in [2.45, 2.75) is 59.8 Å². The fourth-order valence-electron chi connectivity index (χ4n) is 3.18. The van der Waals surface area contributed by atoms with Crippen LogP contribution in [0.2, 0.25) is 0 Å². The van der Waals surface area contributed by atoms with Crippen LogP contribution in [0, 0.1) is 5.92 Å². The van der Waals surface area contributed by atoms with E-state index in [0.717, 1.165) is 38.4 Å². The fraction of sp³-hybridized carbons (Fsp3) is 0.636. The molecule has 1 aliphatic heterocycles. The summed E-state index contributed by atoms with van der Waals surface area (Å²) < 4.78 is 10.8. The molecule has 156 valence electrons. The normalized spacial score (nSPS) is 15.8. The first-order chi connectivity index (χ1) is 13.5. The van der Waals surface area contributed by atoms with E-state index in [1.165, 1.54) is 11.1 Å². The molecule has 0 radical (unpaired) electrons. The number of guanidine groups is 1. The number of benzene rings is 1. The van der Waals surface area contributed by atoms with E-state index in [1.807, 2.05) is 20.8 Å². The first-order valence-electron chi connectivity index (χ1n) is 10.4. The molecule has 2 rings (SSSR count). The number of aliphatic imine (C=N–C) groups is 1. The van der Waals surface area contributed by atoms with Gasteiger partial charge in [-0.1, -0.05) is 24.3 Å². The second-order valence-corrected chi connectivity index (χ2v) is 7.36. The van der Waals surface area contributed by atoms with Gasteiger partial charge < -0.3 is 19.7 Å². The molecular formula is C22H35N3O3. The number of hydrogen-bond acceptors (Lipinski definition) is 4. The largest absolute Gasteiger partial charge is 0.466 e. The lowest BCUT2D eigenvalue weighted by molar-refractivity contribution is -0.149. The Morgan fingerprint density at radius 1 is 1.18 bits per heavy atom. The molecule has 1 saturated heterocycles. The zero-order valence-electron chi connectivity index (χ0n) is 17.7. The van der Waals surface area contributed by atoms with Crippen molar-refractivity contribution in [1.82, 2.24) is 10.2 Å². The molecule has 0 saturated carbocycles. The van der Waals surface area contributed by atoms with Crippen molar-refractivity contribution >= 4 is 11.9 Å². The van der Waals surface area contributed by atoms with E-state index in [4.69, 9.17) is 14.5 Å². The summed E-state index contributed by atoms with van der Waals surface area (Å²) in [5.41, 5.74) is 2.35. The van der Waals surface area contributed by atoms with Crippen molar-refractivity contribution in [2.75, 3.05) is 26.2 Å². The lowest BCUT2D eigenvalue weighted by atomic mass is 9.97. The van der Waals surface area contributed by atoms with Crippen LogP contribution in [0.4, 0.5) is 0 Å². The second-order valence-electron chi connectivity index (χ2n) is 7.36. The van der Waals surface area contributed by atoms with Crippen LogP contribution in [0.3, 0.4) is 0 Å². The van der Waals surface area contributed by atoms with Gasteiger partial charge in [0.25, 0.3) is 0 Å². The number of piperidine rings is 1. The summed E-state index contributed by atoms with van der Waals surface area (Å²) in [6.45, 7) is 12.2. The van der Waals surface area contributed by atoms with Gasteiger partial charge in [-0.3, -0.25) is 4.79 Å². The number of carbonyl (C=O) groups is 1. The summed E-state index contributed by atoms with van der Waals surface area (Å²) in [4.78, 5) is 19.0. The summed E-state index contributed by atoms with van der Waals surface area (Å²) in [7, 11) is 0. The van der Waals surface area contributed by atoms with Gasteiger partial charge in [0.15, 0.2) is 5.96 Å². The molecule has 0 aliphatic carbocycles. The van der Waals surface area contributed by atoms with Gasteiger partial charge >= 0.3 is 5.97 Å². The molecule has 1 aliphatic rings. The van der Waals surface area contributed by atoms with Crippen molar-refractivity contribution in [3.8, 4) is 0 Å². The van der Waals surface area contributed by atoms with E-state index in [9.17, 15) is 4.79 Å². The molecule has 0 aromatic heterocycles. The monoisotopic (exact) mass is 389 g/mol. The lowest BCUT2D eigenvalue weighted by Crippen LogP contribution is -2.46. The quantitative estimate of drug-likeness (QED) is 0.420. The first kappa shape index (κ1) is 22.2. The molecule has 1 aromatic rings. The molecule has 1 aromatic carbocycles. The van der Waals surface area contributed by atoms with Gasteiger partial charge in [-0.25, -0.2) is 4.99 Å². The minimum absolute atomic E-state index is 0.0136. The average Bonchev–Trinajstić information content (AvgIpc) is 2.70. The smallest absolute Gasteiger partial charge is 0.309 e. The van der Waals surface area contributed by atoms with Crippen LogP contribution >= 0.6 is 0 Å². The summed E-state index contributed by atoms with van der Waals surface area (Å²) in [5.74, 6) is 0.863. The zero-order valence-corrected chi connectivity index (χ0v) is 17.7. The van der Waals surface area contributed by atoms with Gasteiger partial charge in [-0.2, -0.15) is 0 Å². The van der Waals surface area contributed by atoms with E-state index in [-0.39, 0.29) is 18.0 Å². The summed E-state index contributed by atoms with van der Waals surface area (Å²) in [6, 6.07) is 8.42. The van der Waals surface area contributed by atoms with Crippen LogP contribution < -0.4 is 5.32 Å². The highest BCUT2D eigenvalue weighted by molar-refractivity contribution is 5.80. The summed E-state index contributed by atoms with van der Waals surface area (Å²) in [6.07, 6.45) is 1.86. The van der Waals surface area contributed by atoms with E-state index < -0.39 is 0 Å². The number of hydrogen-bond donors (Lipinski definition) is 1. The Morgan fingerprint density at radius 3 is 2.39 bits per heavy atom. The standard InChI is InChI=1S/C22H35N3O3/c1-5-23-22(25-13-11-20(12-14-25)21(26)27-6-2)24-15-18-7-9-19(10-8-18)16-28-17(3)4/h7-10,17,20H,5-6,11-16H2,1-4H3,(H,23,24). The summed E-state index contributed by atoms with van der Waals surface area (Å²) >= 11 is 0. The molecule has 1 heterocycles. The van der Waals surface area contributed by atoms with Crippen molar-refractivity contribution in [3.63, 3.8) is 0 Å². The van der Waals surface area contributed by atoms with Gasteiger partial charge in [0, 0.05) is 19.6 Å². The number of rotatable bonds is 8. The van der Waals surface area contributed by atoms with Crippen molar-refractivity contribution in [2.24, 2.45) is 10.9 Å². The molecular weight excluding hydrogens is 354 g/mol. The van der Waals surface area contributed by atoms with Crippen LogP contribution in [-0.2, 0) is 27.4 Å². The van der Waals surface area contributed by atoms with Crippen LogP contribution in [-0.4, -0.2) is 49.2 Å². The van der Waals surface area contributed by atoms with Crippen LogP contribution in [0.1, 0.15) is 51.7 Å². The van der Waals surface area contributed by atoms with Gasteiger partial charge in [-0.15, -0.1) is 0 Å². The molecule has 6 nitrogen and oxygen atoms in total. The molecule has 0 amide bonds. The Kier molecular flexibility index (Phi) is 9.28. The number of likely N-dealkylation sites (tertiary alicyclic amines) is 1. The van der Waals surface area contributed by atoms with Crippen LogP contribution in [0.15, 0.2) is 29.3 Å². The van der Waals surface area contributed by atoms with E-state index in [0.29, 0.717) is 19.8 Å². The van der Waals surface area contributed by atoms with E-state index in [2.05, 4.69) is 41.4 Å². The van der Waals surface area contributed by atoms with Gasteiger partial charge in [0.2, 0.25) is 0 Å². The Balaban J connectivity index is 1.91. The molecule has 1 N–H and O–H groups in total. The summed E-state index contributed by atoms with van der Waals surface area (Å²) in [5, 5.41) is 3.38. The maximum absolute atomic E-state index is 11.9. The molecule has 0 bridgehead atoms. The number of nitrogens with one attached hydrogen (secondary N) is 1. The predicted molar refractivity (Wildman–Crippen MR) is 112 cm³/mol. The molecule has 0 spiro atoms. The topological polar surface area (TPSA) is 63.2 Å². The highest BCUT2D eigenvalue weighted by atomic mass is 16.5. The van der Waals surface area contributed by atoms with Gasteiger partial charge in [0.05, 0.1) is 31.8 Å². The number of ether oxygens (including phenoxy) is 2. The minimum atomic E-state index is -0.0642. The SMILES string of the molecule is CCNC(=NCc1ccc(COC(C)C)cc1)N1CCC(C(=O)OCC)CC1. The highest BCUT2D eigenvalue weighted by Crippen LogP contribution is 2.19. The van der Waals surface area contributed by atoms with Crippen molar-refractivity contribution < 1.29 is 14.3 Å². The van der Waals surface area contributed by atoms with Crippen LogP contribution in [0.5, 0.6) is 0 Å². The maximum atomic E-state index is 11.9.